The van der Waals surface area contributed by atoms with Gasteiger partial charge in [0.15, 0.2) is 0 Å². The van der Waals surface area contributed by atoms with Gasteiger partial charge in [-0.3, -0.25) is 14.7 Å². The molecule has 0 spiro atoms. The summed E-state index contributed by atoms with van der Waals surface area (Å²) >= 11 is 0. The first kappa shape index (κ1) is 17.4. The van der Waals surface area contributed by atoms with E-state index in [9.17, 15) is 9.59 Å². The first-order valence-corrected chi connectivity index (χ1v) is 8.26. The molecule has 5 heteroatoms. The molecule has 0 aliphatic carbocycles. The van der Waals surface area contributed by atoms with Gasteiger partial charge in [0.2, 0.25) is 5.91 Å². The molecule has 0 unspecified atom stereocenters. The lowest BCUT2D eigenvalue weighted by Crippen LogP contribution is -2.27. The van der Waals surface area contributed by atoms with Crippen molar-refractivity contribution in [2.75, 3.05) is 11.5 Å². The smallest absolute Gasteiger partial charge is 0.338 e. The van der Waals surface area contributed by atoms with Gasteiger partial charge in [-0.15, -0.1) is 0 Å². The number of aromatic nitrogens is 1. The van der Waals surface area contributed by atoms with Crippen molar-refractivity contribution < 1.29 is 14.3 Å². The maximum Gasteiger partial charge on any atom is 0.338 e. The number of hydrogen-bond acceptors (Lipinski definition) is 4. The first-order valence-electron chi connectivity index (χ1n) is 8.26. The van der Waals surface area contributed by atoms with Crippen LogP contribution in [0.25, 0.3) is 0 Å². The molecule has 3 aromatic rings. The standard InChI is InChI=1S/C21H18N2O3/c24-20(13-16-26-21(25)17-11-14-22-15-12-17)23(18-7-3-1-4-8-18)19-9-5-2-6-10-19/h1-12,14-15H,13,16H2. The van der Waals surface area contributed by atoms with E-state index in [-0.39, 0.29) is 18.9 Å². The van der Waals surface area contributed by atoms with E-state index in [4.69, 9.17) is 4.74 Å². The Morgan fingerprint density at radius 3 is 1.88 bits per heavy atom. The normalized spacial score (nSPS) is 10.2. The quantitative estimate of drug-likeness (QED) is 0.633. The minimum atomic E-state index is -0.467. The van der Waals surface area contributed by atoms with Crippen LogP contribution >= 0.6 is 0 Å². The van der Waals surface area contributed by atoms with E-state index in [0.717, 1.165) is 11.4 Å². The molecular weight excluding hydrogens is 328 g/mol. The molecule has 1 heterocycles. The highest BCUT2D eigenvalue weighted by Gasteiger charge is 2.18. The van der Waals surface area contributed by atoms with Crippen LogP contribution in [-0.2, 0) is 9.53 Å². The number of amides is 1. The van der Waals surface area contributed by atoms with Crippen molar-refractivity contribution in [2.24, 2.45) is 0 Å². The molecule has 0 saturated carbocycles. The number of hydrogen-bond donors (Lipinski definition) is 0. The molecule has 0 bridgehead atoms. The Bertz CT molecular complexity index is 813. The molecule has 2 aromatic carbocycles. The molecule has 1 amide bonds. The monoisotopic (exact) mass is 346 g/mol. The van der Waals surface area contributed by atoms with Crippen LogP contribution in [0.5, 0.6) is 0 Å². The summed E-state index contributed by atoms with van der Waals surface area (Å²) in [5.74, 6) is -0.615. The van der Waals surface area contributed by atoms with Crippen LogP contribution in [0.4, 0.5) is 11.4 Å². The molecule has 5 nitrogen and oxygen atoms in total. The van der Waals surface area contributed by atoms with Crippen molar-refractivity contribution in [3.05, 3.63) is 90.8 Å². The molecule has 0 atom stereocenters. The van der Waals surface area contributed by atoms with Crippen LogP contribution in [0.15, 0.2) is 85.2 Å². The number of carbonyl (C=O) groups excluding carboxylic acids is 2. The van der Waals surface area contributed by atoms with E-state index in [1.807, 2.05) is 60.7 Å². The maximum absolute atomic E-state index is 12.8. The van der Waals surface area contributed by atoms with E-state index in [1.54, 1.807) is 17.0 Å². The van der Waals surface area contributed by atoms with Crippen LogP contribution in [-0.4, -0.2) is 23.5 Å². The van der Waals surface area contributed by atoms with Crippen molar-refractivity contribution in [1.82, 2.24) is 4.98 Å². The summed E-state index contributed by atoms with van der Waals surface area (Å²) in [6.45, 7) is 0.0101. The Labute approximate surface area is 151 Å². The molecule has 26 heavy (non-hydrogen) atoms. The number of nitrogens with zero attached hydrogens (tertiary/aromatic N) is 2. The highest BCUT2D eigenvalue weighted by Crippen LogP contribution is 2.25. The molecule has 0 radical (unpaired) electrons. The Morgan fingerprint density at radius 1 is 0.808 bits per heavy atom. The highest BCUT2D eigenvalue weighted by molar-refractivity contribution is 6.00. The third-order valence-electron chi connectivity index (χ3n) is 3.74. The van der Waals surface area contributed by atoms with Crippen molar-refractivity contribution in [3.63, 3.8) is 0 Å². The predicted molar refractivity (Wildman–Crippen MR) is 99.2 cm³/mol. The molecule has 130 valence electrons. The van der Waals surface area contributed by atoms with Gasteiger partial charge in [-0.1, -0.05) is 36.4 Å². The lowest BCUT2D eigenvalue weighted by atomic mass is 10.2. The summed E-state index contributed by atoms with van der Waals surface area (Å²) in [5, 5.41) is 0. The van der Waals surface area contributed by atoms with Crippen LogP contribution in [0.3, 0.4) is 0 Å². The minimum absolute atomic E-state index is 0.0101. The topological polar surface area (TPSA) is 59.5 Å². The predicted octanol–water partition coefficient (Wildman–Crippen LogP) is 3.99. The fourth-order valence-electron chi connectivity index (χ4n) is 2.51. The highest BCUT2D eigenvalue weighted by atomic mass is 16.5. The summed E-state index contributed by atoms with van der Waals surface area (Å²) < 4.78 is 5.21. The number of esters is 1. The minimum Gasteiger partial charge on any atom is -0.462 e. The third-order valence-corrected chi connectivity index (χ3v) is 3.74. The average Bonchev–Trinajstić information content (AvgIpc) is 2.70. The summed E-state index contributed by atoms with van der Waals surface area (Å²) in [6, 6.07) is 21.9. The fraction of sp³-hybridized carbons (Fsp3) is 0.0952. The Hall–Kier alpha value is -3.47. The second-order valence-electron chi connectivity index (χ2n) is 5.52. The molecule has 0 N–H and O–H groups in total. The van der Waals surface area contributed by atoms with Gasteiger partial charge >= 0.3 is 5.97 Å². The number of anilines is 2. The Morgan fingerprint density at radius 2 is 1.35 bits per heavy atom. The zero-order chi connectivity index (χ0) is 18.2. The van der Waals surface area contributed by atoms with Gasteiger partial charge in [0.1, 0.15) is 6.61 Å². The lowest BCUT2D eigenvalue weighted by molar-refractivity contribution is -0.118. The van der Waals surface area contributed by atoms with Gasteiger partial charge in [-0.25, -0.2) is 4.79 Å². The van der Waals surface area contributed by atoms with Gasteiger partial charge < -0.3 is 4.74 Å². The number of ether oxygens (including phenoxy) is 1. The van der Waals surface area contributed by atoms with E-state index in [1.165, 1.54) is 12.4 Å². The van der Waals surface area contributed by atoms with Gasteiger partial charge in [0.25, 0.3) is 0 Å². The Balaban J connectivity index is 1.68. The van der Waals surface area contributed by atoms with E-state index < -0.39 is 5.97 Å². The molecule has 3 rings (SSSR count). The van der Waals surface area contributed by atoms with E-state index in [2.05, 4.69) is 4.98 Å². The second-order valence-corrected chi connectivity index (χ2v) is 5.52. The van der Waals surface area contributed by atoms with Crippen molar-refractivity contribution in [3.8, 4) is 0 Å². The van der Waals surface area contributed by atoms with Crippen molar-refractivity contribution in [1.29, 1.82) is 0 Å². The molecule has 0 saturated heterocycles. The zero-order valence-electron chi connectivity index (χ0n) is 14.1. The van der Waals surface area contributed by atoms with Gasteiger partial charge in [-0.2, -0.15) is 0 Å². The van der Waals surface area contributed by atoms with Crippen LogP contribution in [0, 0.1) is 0 Å². The third kappa shape index (κ3) is 4.33. The van der Waals surface area contributed by atoms with Gasteiger partial charge in [-0.05, 0) is 36.4 Å². The van der Waals surface area contributed by atoms with Crippen LogP contribution in [0.1, 0.15) is 16.8 Å². The number of pyridine rings is 1. The maximum atomic E-state index is 12.8. The largest absolute Gasteiger partial charge is 0.462 e. The first-order chi connectivity index (χ1) is 12.8. The summed E-state index contributed by atoms with van der Waals surface area (Å²) in [6.07, 6.45) is 3.13. The molecule has 0 aliphatic rings. The van der Waals surface area contributed by atoms with Gasteiger partial charge in [0.05, 0.1) is 12.0 Å². The van der Waals surface area contributed by atoms with E-state index >= 15 is 0 Å². The van der Waals surface area contributed by atoms with Crippen LogP contribution < -0.4 is 4.90 Å². The summed E-state index contributed by atoms with van der Waals surface area (Å²) in [7, 11) is 0. The number of rotatable bonds is 6. The Kier molecular flexibility index (Phi) is 5.72. The zero-order valence-corrected chi connectivity index (χ0v) is 14.1. The number of benzene rings is 2. The van der Waals surface area contributed by atoms with Crippen molar-refractivity contribution >= 4 is 23.3 Å². The lowest BCUT2D eigenvalue weighted by Gasteiger charge is -2.23. The average molecular weight is 346 g/mol. The van der Waals surface area contributed by atoms with Crippen molar-refractivity contribution in [2.45, 2.75) is 6.42 Å². The van der Waals surface area contributed by atoms with E-state index in [0.29, 0.717) is 5.56 Å². The fourth-order valence-corrected chi connectivity index (χ4v) is 2.51. The number of para-hydroxylation sites is 2. The molecule has 0 aliphatic heterocycles. The summed E-state index contributed by atoms with van der Waals surface area (Å²) in [5.41, 5.74) is 1.95. The number of carbonyl (C=O) groups is 2. The second kappa shape index (κ2) is 8.58. The molecular formula is C21H18N2O3. The van der Waals surface area contributed by atoms with Crippen LogP contribution in [0.2, 0.25) is 0 Å². The van der Waals surface area contributed by atoms with Gasteiger partial charge in [0, 0.05) is 23.8 Å². The summed E-state index contributed by atoms with van der Waals surface area (Å²) in [4.78, 5) is 30.2. The molecule has 1 aromatic heterocycles. The molecule has 0 fully saturated rings. The SMILES string of the molecule is O=C(OCCC(=O)N(c1ccccc1)c1ccccc1)c1ccncc1.